The Balaban J connectivity index is 1.72. The smallest absolute Gasteiger partial charge is 0.295 e. The number of likely N-dealkylation sites (tertiary alicyclic amines) is 1. The second-order valence-electron chi connectivity index (χ2n) is 7.20. The van der Waals surface area contributed by atoms with Crippen molar-refractivity contribution in [3.05, 3.63) is 94.8 Å². The molecule has 8 heteroatoms. The monoisotopic (exact) mass is 439 g/mol. The molecule has 0 spiro atoms. The van der Waals surface area contributed by atoms with Crippen molar-refractivity contribution in [3.63, 3.8) is 0 Å². The summed E-state index contributed by atoms with van der Waals surface area (Å²) >= 11 is 5.92. The number of ketones is 1. The van der Waals surface area contributed by atoms with E-state index in [0.717, 1.165) is 0 Å². The number of aliphatic hydroxyl groups excluding tert-OH is 1. The number of aryl methyl sites for hydroxylation is 1. The van der Waals surface area contributed by atoms with Crippen LogP contribution in [0.3, 0.4) is 0 Å². The van der Waals surface area contributed by atoms with Crippen LogP contribution < -0.4 is 0 Å². The molecule has 1 N–H and O–H groups in total. The lowest BCUT2D eigenvalue weighted by Gasteiger charge is -2.25. The number of rotatable bonds is 6. The summed E-state index contributed by atoms with van der Waals surface area (Å²) in [6, 6.07) is 11.1. The number of halogens is 2. The number of hydrogen-bond acceptors (Lipinski definition) is 4. The van der Waals surface area contributed by atoms with E-state index < -0.39 is 23.5 Å². The highest BCUT2D eigenvalue weighted by Gasteiger charge is 2.45. The molecule has 1 aliphatic rings. The highest BCUT2D eigenvalue weighted by molar-refractivity contribution is 6.46. The highest BCUT2D eigenvalue weighted by atomic mass is 35.5. The molecular formula is C23H19ClFN3O3. The van der Waals surface area contributed by atoms with Gasteiger partial charge in [-0.25, -0.2) is 9.37 Å². The molecule has 4 rings (SSSR count). The molecule has 1 fully saturated rings. The number of carbonyl (C=O) groups excluding carboxylic acids is 2. The van der Waals surface area contributed by atoms with Crippen molar-refractivity contribution in [2.75, 3.05) is 6.54 Å². The van der Waals surface area contributed by atoms with E-state index in [1.54, 1.807) is 36.8 Å². The van der Waals surface area contributed by atoms with Crippen LogP contribution in [0.5, 0.6) is 0 Å². The maximum atomic E-state index is 13.5. The van der Waals surface area contributed by atoms with E-state index in [-0.39, 0.29) is 17.9 Å². The van der Waals surface area contributed by atoms with Gasteiger partial charge in [0.15, 0.2) is 0 Å². The second kappa shape index (κ2) is 8.73. The Hall–Kier alpha value is -3.45. The van der Waals surface area contributed by atoms with Gasteiger partial charge in [-0.2, -0.15) is 0 Å². The topological polar surface area (TPSA) is 75.4 Å². The normalized spacial score (nSPS) is 18.0. The minimum atomic E-state index is -0.820. The zero-order valence-electron chi connectivity index (χ0n) is 16.4. The number of nitrogens with zero attached hydrogens (tertiary/aromatic N) is 3. The third kappa shape index (κ3) is 4.22. The van der Waals surface area contributed by atoms with Crippen molar-refractivity contribution in [3.8, 4) is 0 Å². The summed E-state index contributed by atoms with van der Waals surface area (Å²) in [7, 11) is 0. The largest absolute Gasteiger partial charge is 0.507 e. The van der Waals surface area contributed by atoms with Crippen LogP contribution in [0.25, 0.3) is 5.76 Å². The number of hydrogen-bond donors (Lipinski definition) is 1. The van der Waals surface area contributed by atoms with Crippen molar-refractivity contribution in [2.45, 2.75) is 19.0 Å². The molecule has 31 heavy (non-hydrogen) atoms. The second-order valence-corrected chi connectivity index (χ2v) is 7.64. The summed E-state index contributed by atoms with van der Waals surface area (Å²) in [5.41, 5.74) is 0.883. The highest BCUT2D eigenvalue weighted by Crippen LogP contribution is 2.39. The Labute approximate surface area is 183 Å². The summed E-state index contributed by atoms with van der Waals surface area (Å²) in [6.45, 7) is 0.887. The van der Waals surface area contributed by atoms with Crippen molar-refractivity contribution >= 4 is 29.1 Å². The zero-order valence-corrected chi connectivity index (χ0v) is 17.2. The standard InChI is InChI=1S/C23H19ClFN3O3/c24-17-6-2-16(3-7-17)21(29)19-20(15-4-8-18(25)9-5-15)28(23(31)22(19)30)12-1-11-27-13-10-26-14-27/h2-10,13-14,20,29H,1,11-12H2/t20-/m1/s1. The molecule has 0 radical (unpaired) electrons. The van der Waals surface area contributed by atoms with Crippen molar-refractivity contribution in [2.24, 2.45) is 0 Å². The fraction of sp³-hybridized carbons (Fsp3) is 0.174. The average Bonchev–Trinajstić information content (AvgIpc) is 3.37. The number of imidazole rings is 1. The van der Waals surface area contributed by atoms with Gasteiger partial charge in [0, 0.05) is 36.1 Å². The lowest BCUT2D eigenvalue weighted by atomic mass is 9.95. The van der Waals surface area contributed by atoms with Crippen LogP contribution in [0, 0.1) is 5.82 Å². The molecule has 2 heterocycles. The molecule has 0 saturated carbocycles. The number of aromatic nitrogens is 2. The van der Waals surface area contributed by atoms with E-state index in [0.29, 0.717) is 29.1 Å². The Bertz CT molecular complexity index is 1130. The maximum Gasteiger partial charge on any atom is 0.295 e. The third-order valence-electron chi connectivity index (χ3n) is 5.22. The lowest BCUT2D eigenvalue weighted by Crippen LogP contribution is -2.31. The maximum absolute atomic E-state index is 13.5. The quantitative estimate of drug-likeness (QED) is 0.355. The molecule has 3 aromatic rings. The fourth-order valence-electron chi connectivity index (χ4n) is 3.71. The number of carbonyl (C=O) groups is 2. The first kappa shape index (κ1) is 20.8. The molecule has 1 atom stereocenters. The summed E-state index contributed by atoms with van der Waals surface area (Å²) in [5, 5.41) is 11.4. The van der Waals surface area contributed by atoms with E-state index >= 15 is 0 Å². The molecule has 1 aliphatic heterocycles. The van der Waals surface area contributed by atoms with E-state index in [9.17, 15) is 19.1 Å². The first-order valence-corrected chi connectivity index (χ1v) is 10.1. The van der Waals surface area contributed by atoms with Gasteiger partial charge < -0.3 is 14.6 Å². The van der Waals surface area contributed by atoms with Gasteiger partial charge in [-0.1, -0.05) is 23.7 Å². The van der Waals surface area contributed by atoms with Gasteiger partial charge in [-0.05, 0) is 48.4 Å². The van der Waals surface area contributed by atoms with Crippen LogP contribution in [-0.4, -0.2) is 37.8 Å². The summed E-state index contributed by atoms with van der Waals surface area (Å²) in [6.07, 6.45) is 5.72. The van der Waals surface area contributed by atoms with Crippen LogP contribution >= 0.6 is 11.6 Å². The van der Waals surface area contributed by atoms with Crippen LogP contribution in [0.2, 0.25) is 5.02 Å². The van der Waals surface area contributed by atoms with Gasteiger partial charge >= 0.3 is 0 Å². The molecule has 1 saturated heterocycles. The minimum absolute atomic E-state index is 0.0263. The van der Waals surface area contributed by atoms with Gasteiger partial charge in [-0.3, -0.25) is 9.59 Å². The molecule has 6 nitrogen and oxygen atoms in total. The van der Waals surface area contributed by atoms with E-state index in [1.807, 2.05) is 10.8 Å². The summed E-state index contributed by atoms with van der Waals surface area (Å²) in [4.78, 5) is 31.2. The average molecular weight is 440 g/mol. The Morgan fingerprint density at radius 1 is 1.06 bits per heavy atom. The zero-order chi connectivity index (χ0) is 22.0. The van der Waals surface area contributed by atoms with Gasteiger partial charge in [0.1, 0.15) is 11.6 Å². The minimum Gasteiger partial charge on any atom is -0.507 e. The summed E-state index contributed by atoms with van der Waals surface area (Å²) < 4.78 is 15.4. The first-order chi connectivity index (χ1) is 15.0. The number of Topliss-reactive ketones (excluding diaryl/α,β-unsaturated/α-hetero) is 1. The SMILES string of the molecule is O=C1C(=O)N(CCCn2ccnc2)[C@H](c2ccc(F)cc2)C1=C(O)c1ccc(Cl)cc1. The molecule has 0 aliphatic carbocycles. The predicted molar refractivity (Wildman–Crippen MR) is 114 cm³/mol. The van der Waals surface area contributed by atoms with Gasteiger partial charge in [-0.15, -0.1) is 0 Å². The Morgan fingerprint density at radius 2 is 1.77 bits per heavy atom. The van der Waals surface area contributed by atoms with Crippen LogP contribution in [0.15, 0.2) is 72.8 Å². The molecule has 158 valence electrons. The summed E-state index contributed by atoms with van der Waals surface area (Å²) in [5.74, 6) is -2.19. The van der Waals surface area contributed by atoms with Crippen molar-refractivity contribution in [1.29, 1.82) is 0 Å². The third-order valence-corrected chi connectivity index (χ3v) is 5.47. The number of amides is 1. The molecule has 1 amide bonds. The molecular weight excluding hydrogens is 421 g/mol. The number of aliphatic hydroxyl groups is 1. The fourth-order valence-corrected chi connectivity index (χ4v) is 3.83. The Kier molecular flexibility index (Phi) is 5.86. The van der Waals surface area contributed by atoms with Crippen LogP contribution in [-0.2, 0) is 16.1 Å². The Morgan fingerprint density at radius 3 is 2.42 bits per heavy atom. The molecule has 0 unspecified atom stereocenters. The van der Waals surface area contributed by atoms with E-state index in [1.165, 1.54) is 29.2 Å². The molecule has 0 bridgehead atoms. The molecule has 1 aromatic heterocycles. The molecule has 2 aromatic carbocycles. The van der Waals surface area contributed by atoms with Gasteiger partial charge in [0.2, 0.25) is 0 Å². The van der Waals surface area contributed by atoms with Crippen molar-refractivity contribution < 1.29 is 19.1 Å². The van der Waals surface area contributed by atoms with Gasteiger partial charge in [0.25, 0.3) is 11.7 Å². The van der Waals surface area contributed by atoms with Gasteiger partial charge in [0.05, 0.1) is 17.9 Å². The van der Waals surface area contributed by atoms with Crippen LogP contribution in [0.1, 0.15) is 23.6 Å². The van der Waals surface area contributed by atoms with Crippen molar-refractivity contribution in [1.82, 2.24) is 14.5 Å². The van der Waals surface area contributed by atoms with E-state index in [2.05, 4.69) is 4.98 Å². The lowest BCUT2D eigenvalue weighted by molar-refractivity contribution is -0.139. The van der Waals surface area contributed by atoms with Crippen LogP contribution in [0.4, 0.5) is 4.39 Å². The van der Waals surface area contributed by atoms with E-state index in [4.69, 9.17) is 11.6 Å². The number of benzene rings is 2. The predicted octanol–water partition coefficient (Wildman–Crippen LogP) is 4.19. The first-order valence-electron chi connectivity index (χ1n) is 9.71.